The van der Waals surface area contributed by atoms with Crippen LogP contribution in [-0.2, 0) is 4.79 Å². The first-order valence-electron chi connectivity index (χ1n) is 8.75. The minimum absolute atomic E-state index is 0.00815. The number of carboxylic acid groups (broad SMARTS) is 1. The standard InChI is InChI=1S/C21H27NO4/c1-13-14(2)21(26-5)19(15(3)20(13)25-4)17(9-6-10-18(23)24)16-8-7-11-22-12-16/h7-8,11-12,17H,6,9-10H2,1-5H3,(H,23,24). The fourth-order valence-corrected chi connectivity index (χ4v) is 3.62. The third-order valence-corrected chi connectivity index (χ3v) is 4.96. The number of carboxylic acids is 1. The molecular formula is C21H27NO4. The van der Waals surface area contributed by atoms with Crippen molar-refractivity contribution in [3.8, 4) is 11.5 Å². The largest absolute Gasteiger partial charge is 0.496 e. The Balaban J connectivity index is 2.63. The molecule has 2 aromatic rings. The number of carbonyl (C=O) groups is 1. The highest BCUT2D eigenvalue weighted by atomic mass is 16.5. The van der Waals surface area contributed by atoms with E-state index in [2.05, 4.69) is 4.98 Å². The van der Waals surface area contributed by atoms with Crippen molar-refractivity contribution in [1.29, 1.82) is 0 Å². The molecule has 0 amide bonds. The van der Waals surface area contributed by atoms with E-state index in [9.17, 15) is 4.79 Å². The summed E-state index contributed by atoms with van der Waals surface area (Å²) in [5.74, 6) is 0.901. The zero-order valence-electron chi connectivity index (χ0n) is 16.1. The predicted molar refractivity (Wildman–Crippen MR) is 101 cm³/mol. The SMILES string of the molecule is COc1c(C)c(C)c(OC)c(C(CCCC(=O)O)c2cccnc2)c1C. The number of methoxy groups -OCH3 is 2. The summed E-state index contributed by atoms with van der Waals surface area (Å²) in [7, 11) is 3.35. The lowest BCUT2D eigenvalue weighted by molar-refractivity contribution is -0.137. The third kappa shape index (κ3) is 3.98. The van der Waals surface area contributed by atoms with Crippen LogP contribution in [0.5, 0.6) is 11.5 Å². The van der Waals surface area contributed by atoms with Gasteiger partial charge < -0.3 is 14.6 Å². The maximum absolute atomic E-state index is 11.0. The first-order chi connectivity index (χ1) is 12.4. The van der Waals surface area contributed by atoms with Crippen LogP contribution in [0.1, 0.15) is 53.0 Å². The lowest BCUT2D eigenvalue weighted by Crippen LogP contribution is -2.11. The van der Waals surface area contributed by atoms with Crippen molar-refractivity contribution in [1.82, 2.24) is 4.98 Å². The summed E-state index contributed by atoms with van der Waals surface area (Å²) in [6, 6.07) is 3.93. The van der Waals surface area contributed by atoms with Crippen molar-refractivity contribution < 1.29 is 19.4 Å². The Bertz CT molecular complexity index is 772. The van der Waals surface area contributed by atoms with Crippen LogP contribution in [0.25, 0.3) is 0 Å². The highest BCUT2D eigenvalue weighted by molar-refractivity contribution is 5.66. The second-order valence-electron chi connectivity index (χ2n) is 6.48. The van der Waals surface area contributed by atoms with Crippen molar-refractivity contribution in [3.05, 3.63) is 52.3 Å². The molecule has 0 fully saturated rings. The fraction of sp³-hybridized carbons (Fsp3) is 0.429. The van der Waals surface area contributed by atoms with Gasteiger partial charge in [0, 0.05) is 30.3 Å². The molecule has 0 aliphatic heterocycles. The quantitative estimate of drug-likeness (QED) is 0.758. The van der Waals surface area contributed by atoms with Crippen LogP contribution in [0.15, 0.2) is 24.5 Å². The molecule has 2 rings (SSSR count). The molecule has 1 atom stereocenters. The van der Waals surface area contributed by atoms with Gasteiger partial charge in [0.25, 0.3) is 0 Å². The van der Waals surface area contributed by atoms with Crippen LogP contribution in [0.2, 0.25) is 0 Å². The van der Waals surface area contributed by atoms with E-state index >= 15 is 0 Å². The molecule has 5 heteroatoms. The Morgan fingerprint density at radius 2 is 1.77 bits per heavy atom. The van der Waals surface area contributed by atoms with Gasteiger partial charge in [-0.1, -0.05) is 6.07 Å². The van der Waals surface area contributed by atoms with Crippen molar-refractivity contribution in [2.75, 3.05) is 14.2 Å². The smallest absolute Gasteiger partial charge is 0.303 e. The maximum Gasteiger partial charge on any atom is 0.303 e. The molecular weight excluding hydrogens is 330 g/mol. The molecule has 1 N–H and O–H groups in total. The Morgan fingerprint density at radius 3 is 2.31 bits per heavy atom. The van der Waals surface area contributed by atoms with Crippen LogP contribution in [0.3, 0.4) is 0 Å². The average Bonchev–Trinajstić information content (AvgIpc) is 2.63. The van der Waals surface area contributed by atoms with Crippen molar-refractivity contribution in [2.45, 2.75) is 46.0 Å². The zero-order chi connectivity index (χ0) is 19.3. The molecule has 0 aliphatic carbocycles. The van der Waals surface area contributed by atoms with Crippen LogP contribution in [0.4, 0.5) is 0 Å². The molecule has 26 heavy (non-hydrogen) atoms. The molecule has 1 heterocycles. The van der Waals surface area contributed by atoms with E-state index in [-0.39, 0.29) is 12.3 Å². The monoisotopic (exact) mass is 357 g/mol. The van der Waals surface area contributed by atoms with Gasteiger partial charge in [-0.3, -0.25) is 9.78 Å². The zero-order valence-corrected chi connectivity index (χ0v) is 16.1. The van der Waals surface area contributed by atoms with Crippen LogP contribution in [-0.4, -0.2) is 30.3 Å². The van der Waals surface area contributed by atoms with E-state index in [1.165, 1.54) is 0 Å². The number of ether oxygens (including phenoxy) is 2. The van der Waals surface area contributed by atoms with Gasteiger partial charge in [0.1, 0.15) is 11.5 Å². The van der Waals surface area contributed by atoms with Gasteiger partial charge in [0.15, 0.2) is 0 Å². The van der Waals surface area contributed by atoms with Gasteiger partial charge >= 0.3 is 5.97 Å². The average molecular weight is 357 g/mol. The maximum atomic E-state index is 11.0. The number of hydrogen-bond donors (Lipinski definition) is 1. The Morgan fingerprint density at radius 1 is 1.12 bits per heavy atom. The summed E-state index contributed by atoms with van der Waals surface area (Å²) in [5, 5.41) is 9.03. The highest BCUT2D eigenvalue weighted by Gasteiger charge is 2.26. The Kier molecular flexibility index (Phi) is 6.61. The summed E-state index contributed by atoms with van der Waals surface area (Å²) in [6.07, 6.45) is 4.99. The summed E-state index contributed by atoms with van der Waals surface area (Å²) >= 11 is 0. The summed E-state index contributed by atoms with van der Waals surface area (Å²) in [5.41, 5.74) is 5.21. The lowest BCUT2D eigenvalue weighted by Gasteiger charge is -2.26. The number of aromatic nitrogens is 1. The first-order valence-corrected chi connectivity index (χ1v) is 8.75. The van der Waals surface area contributed by atoms with E-state index < -0.39 is 5.97 Å². The van der Waals surface area contributed by atoms with Crippen molar-refractivity contribution in [3.63, 3.8) is 0 Å². The number of pyridine rings is 1. The normalized spacial score (nSPS) is 11.9. The van der Waals surface area contributed by atoms with Crippen LogP contribution >= 0.6 is 0 Å². The van der Waals surface area contributed by atoms with E-state index in [0.29, 0.717) is 12.8 Å². The lowest BCUT2D eigenvalue weighted by atomic mass is 9.82. The minimum atomic E-state index is -0.781. The molecule has 140 valence electrons. The fourth-order valence-electron chi connectivity index (χ4n) is 3.62. The van der Waals surface area contributed by atoms with E-state index in [1.807, 2.05) is 39.1 Å². The molecule has 5 nitrogen and oxygen atoms in total. The molecule has 0 aliphatic rings. The van der Waals surface area contributed by atoms with Crippen LogP contribution in [0, 0.1) is 20.8 Å². The second-order valence-corrected chi connectivity index (χ2v) is 6.48. The van der Waals surface area contributed by atoms with Gasteiger partial charge in [-0.15, -0.1) is 0 Å². The molecule has 1 aromatic carbocycles. The highest BCUT2D eigenvalue weighted by Crippen LogP contribution is 2.44. The van der Waals surface area contributed by atoms with Gasteiger partial charge in [-0.2, -0.15) is 0 Å². The molecule has 0 saturated heterocycles. The van der Waals surface area contributed by atoms with E-state index in [4.69, 9.17) is 14.6 Å². The van der Waals surface area contributed by atoms with Gasteiger partial charge in [-0.05, 0) is 61.9 Å². The summed E-state index contributed by atoms with van der Waals surface area (Å²) < 4.78 is 11.4. The molecule has 0 radical (unpaired) electrons. The summed E-state index contributed by atoms with van der Waals surface area (Å²) in [4.78, 5) is 15.2. The molecule has 0 bridgehead atoms. The van der Waals surface area contributed by atoms with Crippen LogP contribution < -0.4 is 9.47 Å². The van der Waals surface area contributed by atoms with Crippen molar-refractivity contribution in [2.24, 2.45) is 0 Å². The number of aliphatic carboxylic acids is 1. The third-order valence-electron chi connectivity index (χ3n) is 4.96. The van der Waals surface area contributed by atoms with Gasteiger partial charge in [0.05, 0.1) is 14.2 Å². The molecule has 0 saturated carbocycles. The number of hydrogen-bond acceptors (Lipinski definition) is 4. The van der Waals surface area contributed by atoms with Gasteiger partial charge in [0.2, 0.25) is 0 Å². The molecule has 1 aromatic heterocycles. The second kappa shape index (κ2) is 8.70. The van der Waals surface area contributed by atoms with Gasteiger partial charge in [-0.25, -0.2) is 0 Å². The Hall–Kier alpha value is -2.56. The molecule has 0 spiro atoms. The van der Waals surface area contributed by atoms with Crippen molar-refractivity contribution >= 4 is 5.97 Å². The number of benzene rings is 1. The summed E-state index contributed by atoms with van der Waals surface area (Å²) in [6.45, 7) is 6.08. The molecule has 1 unspecified atom stereocenters. The predicted octanol–water partition coefficient (Wildman–Crippen LogP) is 4.41. The number of rotatable bonds is 8. The topological polar surface area (TPSA) is 68.7 Å². The minimum Gasteiger partial charge on any atom is -0.496 e. The first kappa shape index (κ1) is 19.8. The van der Waals surface area contributed by atoms with E-state index in [0.717, 1.165) is 39.3 Å². The Labute approximate surface area is 155 Å². The number of nitrogens with zero attached hydrogens (tertiary/aromatic N) is 1. The van der Waals surface area contributed by atoms with E-state index in [1.54, 1.807) is 20.4 Å².